The molecule has 3 atom stereocenters. The first-order valence-corrected chi connectivity index (χ1v) is 14.5. The number of anilines is 1. The van der Waals surface area contributed by atoms with Crippen LogP contribution in [0.15, 0.2) is 24.3 Å². The van der Waals surface area contributed by atoms with Gasteiger partial charge in [0.2, 0.25) is 17.7 Å². The summed E-state index contributed by atoms with van der Waals surface area (Å²) in [5, 5.41) is 13.0. The molecule has 3 amide bonds. The summed E-state index contributed by atoms with van der Waals surface area (Å²) in [6.45, 7) is 6.72. The van der Waals surface area contributed by atoms with Gasteiger partial charge in [0.05, 0.1) is 6.04 Å². The van der Waals surface area contributed by atoms with Crippen LogP contribution in [-0.2, 0) is 19.2 Å². The van der Waals surface area contributed by atoms with Gasteiger partial charge in [-0.1, -0.05) is 51.7 Å². The molecule has 1 aromatic carbocycles. The maximum atomic E-state index is 13.4. The van der Waals surface area contributed by atoms with E-state index in [1.165, 1.54) is 12.8 Å². The van der Waals surface area contributed by atoms with Crippen molar-refractivity contribution in [1.82, 2.24) is 15.1 Å². The lowest BCUT2D eigenvalue weighted by Gasteiger charge is -2.36. The van der Waals surface area contributed by atoms with Crippen LogP contribution >= 0.6 is 0 Å². The molecule has 2 fully saturated rings. The Morgan fingerprint density at radius 3 is 2.00 bits per heavy atom. The Hall–Kier alpha value is -3.19. The number of aliphatic carboxylic acids is 1. The fourth-order valence-electron chi connectivity index (χ4n) is 5.07. The summed E-state index contributed by atoms with van der Waals surface area (Å²) < 4.78 is 31.7. The Morgan fingerprint density at radius 1 is 1.00 bits per heavy atom. The van der Waals surface area contributed by atoms with Crippen molar-refractivity contribution in [3.05, 3.63) is 29.8 Å². The Labute approximate surface area is 245 Å². The van der Waals surface area contributed by atoms with Crippen LogP contribution in [-0.4, -0.2) is 90.1 Å². The number of carboxylic acids is 1. The molecule has 236 valence electrons. The molecule has 5 N–H and O–H groups in total. The molecule has 0 radical (unpaired) electrons. The first-order chi connectivity index (χ1) is 19.7. The van der Waals surface area contributed by atoms with Gasteiger partial charge in [-0.2, -0.15) is 13.2 Å². The number of alkyl halides is 3. The number of piperazine rings is 1. The maximum Gasteiger partial charge on any atom is 0.490 e. The second kappa shape index (κ2) is 16.4. The number of nitrogens with two attached hydrogens (primary N) is 1. The van der Waals surface area contributed by atoms with E-state index < -0.39 is 24.2 Å². The van der Waals surface area contributed by atoms with E-state index in [1.54, 1.807) is 6.92 Å². The van der Waals surface area contributed by atoms with Gasteiger partial charge >= 0.3 is 12.1 Å². The van der Waals surface area contributed by atoms with Crippen LogP contribution in [0.5, 0.6) is 0 Å². The number of carbonyl (C=O) groups is 4. The molecule has 3 rings (SSSR count). The fraction of sp³-hybridized carbons (Fsp3) is 0.655. The molecule has 42 heavy (non-hydrogen) atoms. The molecule has 0 spiro atoms. The van der Waals surface area contributed by atoms with Gasteiger partial charge in [-0.3, -0.25) is 14.4 Å². The van der Waals surface area contributed by atoms with Crippen molar-refractivity contribution in [2.75, 3.05) is 38.5 Å². The number of carboxylic acid groups (broad SMARTS) is 1. The zero-order valence-electron chi connectivity index (χ0n) is 24.6. The lowest BCUT2D eigenvalue weighted by Crippen LogP contribution is -2.55. The van der Waals surface area contributed by atoms with Crippen LogP contribution in [0, 0.1) is 5.92 Å². The first kappa shape index (κ1) is 35.0. The van der Waals surface area contributed by atoms with E-state index in [1.807, 2.05) is 43.1 Å². The minimum absolute atomic E-state index is 0.0425. The molecule has 10 nitrogen and oxygen atoms in total. The van der Waals surface area contributed by atoms with Crippen LogP contribution in [0.3, 0.4) is 0 Å². The molecular formula is C29H44F3N5O5. The number of benzene rings is 1. The van der Waals surface area contributed by atoms with Crippen molar-refractivity contribution in [2.45, 2.75) is 83.0 Å². The van der Waals surface area contributed by atoms with Gasteiger partial charge in [0.15, 0.2) is 0 Å². The average Bonchev–Trinajstić information content (AvgIpc) is 3.25. The second-order valence-corrected chi connectivity index (χ2v) is 11.0. The van der Waals surface area contributed by atoms with Crippen molar-refractivity contribution < 1.29 is 37.5 Å². The molecule has 1 heterocycles. The quantitative estimate of drug-likeness (QED) is 0.336. The molecule has 0 aromatic heterocycles. The predicted octanol–water partition coefficient (Wildman–Crippen LogP) is 3.33. The fourth-order valence-corrected chi connectivity index (χ4v) is 5.07. The molecule has 1 aliphatic carbocycles. The minimum Gasteiger partial charge on any atom is -0.475 e. The van der Waals surface area contributed by atoms with E-state index in [2.05, 4.69) is 15.5 Å². The smallest absolute Gasteiger partial charge is 0.475 e. The number of hydrogen-bond acceptors (Lipinski definition) is 6. The Kier molecular flexibility index (Phi) is 13.7. The van der Waals surface area contributed by atoms with Gasteiger partial charge in [-0.15, -0.1) is 0 Å². The molecule has 1 aliphatic heterocycles. The van der Waals surface area contributed by atoms with Gasteiger partial charge in [0.1, 0.15) is 6.04 Å². The topological polar surface area (TPSA) is 145 Å². The van der Waals surface area contributed by atoms with Crippen LogP contribution in [0.1, 0.15) is 70.3 Å². The summed E-state index contributed by atoms with van der Waals surface area (Å²) in [4.78, 5) is 51.3. The Morgan fingerprint density at radius 2 is 1.52 bits per heavy atom. The SMILES string of the molecule is CCC(=O)NC(C(=O)N1CCN(C)CC1)C(C)c1ccc(NC(=O)C(N)C2CCCCCC2)cc1.O=C(O)C(F)(F)F. The second-order valence-electron chi connectivity index (χ2n) is 11.0. The predicted molar refractivity (Wildman–Crippen MR) is 153 cm³/mol. The van der Waals surface area contributed by atoms with Gasteiger partial charge < -0.3 is 31.3 Å². The van der Waals surface area contributed by atoms with Crippen LogP contribution in [0.2, 0.25) is 0 Å². The number of nitrogens with zero attached hydrogens (tertiary/aromatic N) is 2. The van der Waals surface area contributed by atoms with Crippen molar-refractivity contribution >= 4 is 29.4 Å². The molecule has 1 saturated carbocycles. The first-order valence-electron chi connectivity index (χ1n) is 14.5. The van der Waals surface area contributed by atoms with Crippen LogP contribution in [0.25, 0.3) is 0 Å². The number of amides is 3. The highest BCUT2D eigenvalue weighted by Crippen LogP contribution is 2.26. The van der Waals surface area contributed by atoms with E-state index in [0.29, 0.717) is 25.2 Å². The van der Waals surface area contributed by atoms with Gasteiger partial charge in [-0.25, -0.2) is 4.79 Å². The molecule has 13 heteroatoms. The number of carbonyl (C=O) groups excluding carboxylic acids is 3. The Balaban J connectivity index is 0.000000782. The lowest BCUT2D eigenvalue weighted by atomic mass is 9.91. The summed E-state index contributed by atoms with van der Waals surface area (Å²) in [6.07, 6.45) is 1.99. The standard InChI is InChI=1S/C27H43N5O3.C2HF3O2/c1-4-23(33)30-25(27(35)32-17-15-31(3)16-18-32)19(2)20-11-13-22(14-12-20)29-26(34)24(28)21-9-7-5-6-8-10-21;3-2(4,5)1(6)7/h11-14,19,21,24-25H,4-10,15-18,28H2,1-3H3,(H,29,34)(H,30,33);(H,6,7). The van der Waals surface area contributed by atoms with Crippen molar-refractivity contribution in [2.24, 2.45) is 11.7 Å². The number of halogens is 3. The van der Waals surface area contributed by atoms with Gasteiger partial charge in [-0.05, 0) is 43.5 Å². The largest absolute Gasteiger partial charge is 0.490 e. The number of hydrogen-bond donors (Lipinski definition) is 4. The normalized spacial score (nSPS) is 18.9. The van der Waals surface area contributed by atoms with Gasteiger partial charge in [0, 0.05) is 44.2 Å². The zero-order chi connectivity index (χ0) is 31.4. The number of nitrogens with one attached hydrogen (secondary N) is 2. The molecule has 1 saturated heterocycles. The third kappa shape index (κ3) is 10.9. The number of likely N-dealkylation sites (N-methyl/N-ethyl adjacent to an activating group) is 1. The van der Waals surface area contributed by atoms with E-state index in [0.717, 1.165) is 44.3 Å². The Bertz CT molecular complexity index is 1040. The van der Waals surface area contributed by atoms with Gasteiger partial charge in [0.25, 0.3) is 0 Å². The highest BCUT2D eigenvalue weighted by atomic mass is 19.4. The average molecular weight is 600 g/mol. The highest BCUT2D eigenvalue weighted by molar-refractivity contribution is 5.95. The third-order valence-electron chi connectivity index (χ3n) is 7.88. The summed E-state index contributed by atoms with van der Waals surface area (Å²) in [5.41, 5.74) is 7.92. The summed E-state index contributed by atoms with van der Waals surface area (Å²) in [5.74, 6) is -3.06. The highest BCUT2D eigenvalue weighted by Gasteiger charge is 2.38. The maximum absolute atomic E-state index is 13.4. The summed E-state index contributed by atoms with van der Waals surface area (Å²) in [6, 6.07) is 6.40. The van der Waals surface area contributed by atoms with Crippen molar-refractivity contribution in [3.8, 4) is 0 Å². The van der Waals surface area contributed by atoms with E-state index >= 15 is 0 Å². The van der Waals surface area contributed by atoms with Crippen molar-refractivity contribution in [1.29, 1.82) is 0 Å². The van der Waals surface area contributed by atoms with E-state index in [4.69, 9.17) is 15.6 Å². The molecule has 1 aromatic rings. The molecule has 3 unspecified atom stereocenters. The van der Waals surface area contributed by atoms with E-state index in [-0.39, 0.29) is 29.6 Å². The third-order valence-corrected chi connectivity index (χ3v) is 7.88. The van der Waals surface area contributed by atoms with Crippen molar-refractivity contribution in [3.63, 3.8) is 0 Å². The minimum atomic E-state index is -5.08. The zero-order valence-corrected chi connectivity index (χ0v) is 24.6. The molecule has 0 bridgehead atoms. The number of rotatable bonds is 8. The monoisotopic (exact) mass is 599 g/mol. The van der Waals surface area contributed by atoms with E-state index in [9.17, 15) is 27.6 Å². The van der Waals surface area contributed by atoms with Crippen LogP contribution < -0.4 is 16.4 Å². The lowest BCUT2D eigenvalue weighted by molar-refractivity contribution is -0.192. The summed E-state index contributed by atoms with van der Waals surface area (Å²) in [7, 11) is 2.05. The summed E-state index contributed by atoms with van der Waals surface area (Å²) >= 11 is 0. The molecular weight excluding hydrogens is 555 g/mol. The van der Waals surface area contributed by atoms with Crippen LogP contribution in [0.4, 0.5) is 18.9 Å². The molecule has 2 aliphatic rings.